The zero-order valence-corrected chi connectivity index (χ0v) is 21.8. The zero-order chi connectivity index (χ0) is 26.2. The molecular weight excluding hydrogens is 520 g/mol. The van der Waals surface area contributed by atoms with Crippen LogP contribution in [0.15, 0.2) is 63.3 Å². The molecule has 12 heteroatoms. The van der Waals surface area contributed by atoms with Crippen molar-refractivity contribution in [3.05, 3.63) is 86.5 Å². The van der Waals surface area contributed by atoms with Gasteiger partial charge in [0.15, 0.2) is 17.3 Å². The van der Waals surface area contributed by atoms with Gasteiger partial charge in [-0.1, -0.05) is 6.07 Å². The number of furan rings is 1. The van der Waals surface area contributed by atoms with Crippen molar-refractivity contribution in [1.82, 2.24) is 30.1 Å². The molecule has 0 radical (unpaired) electrons. The van der Waals surface area contributed by atoms with E-state index in [4.69, 9.17) is 18.6 Å². The van der Waals surface area contributed by atoms with Gasteiger partial charge in [0.2, 0.25) is 6.79 Å². The maximum atomic E-state index is 13.8. The molecule has 1 N–H and O–H groups in total. The van der Waals surface area contributed by atoms with Crippen molar-refractivity contribution < 1.29 is 18.6 Å². The van der Waals surface area contributed by atoms with E-state index in [0.717, 1.165) is 35.5 Å². The third-order valence-electron chi connectivity index (χ3n) is 7.11. The van der Waals surface area contributed by atoms with E-state index < -0.39 is 6.04 Å². The second-order valence-electron chi connectivity index (χ2n) is 9.67. The van der Waals surface area contributed by atoms with Crippen LogP contribution in [0.25, 0.3) is 10.9 Å². The number of thiophene rings is 1. The summed E-state index contributed by atoms with van der Waals surface area (Å²) in [5.74, 6) is 2.60. The van der Waals surface area contributed by atoms with E-state index >= 15 is 0 Å². The van der Waals surface area contributed by atoms with Crippen LogP contribution < -0.4 is 15.0 Å². The number of aromatic amines is 1. The summed E-state index contributed by atoms with van der Waals surface area (Å²) in [4.78, 5) is 20.1. The number of nitrogens with one attached hydrogen (secondary N) is 1. The highest BCUT2D eigenvalue weighted by Crippen LogP contribution is 2.37. The van der Waals surface area contributed by atoms with Crippen LogP contribution in [0.5, 0.6) is 11.5 Å². The topological polar surface area (TPSA) is 121 Å². The third-order valence-corrected chi connectivity index (χ3v) is 7.97. The fraction of sp³-hybridized carbons (Fsp3) is 0.333. The van der Waals surface area contributed by atoms with Gasteiger partial charge in [0.05, 0.1) is 31.0 Å². The third kappa shape index (κ3) is 4.82. The monoisotopic (exact) mass is 546 g/mol. The minimum Gasteiger partial charge on any atom is -0.468 e. The molecule has 1 aromatic carbocycles. The van der Waals surface area contributed by atoms with Crippen molar-refractivity contribution in [2.24, 2.45) is 0 Å². The second-order valence-corrected chi connectivity index (χ2v) is 10.7. The average molecular weight is 547 g/mol. The van der Waals surface area contributed by atoms with Crippen LogP contribution in [0.1, 0.15) is 40.9 Å². The molecule has 0 bridgehead atoms. The number of rotatable bonds is 9. The molecule has 0 saturated carbocycles. The van der Waals surface area contributed by atoms with E-state index in [2.05, 4.69) is 31.5 Å². The predicted octanol–water partition coefficient (Wildman–Crippen LogP) is 3.87. The maximum absolute atomic E-state index is 13.8. The van der Waals surface area contributed by atoms with Gasteiger partial charge < -0.3 is 23.6 Å². The summed E-state index contributed by atoms with van der Waals surface area (Å²) in [5.41, 5.74) is 0.961. The van der Waals surface area contributed by atoms with Crippen LogP contribution >= 0.6 is 11.3 Å². The van der Waals surface area contributed by atoms with Crippen LogP contribution in [0, 0.1) is 0 Å². The number of ether oxygens (including phenoxy) is 3. The quantitative estimate of drug-likeness (QED) is 0.294. The summed E-state index contributed by atoms with van der Waals surface area (Å²) in [6.07, 6.45) is 3.63. The number of fused-ring (bicyclic) bond motifs is 2. The zero-order valence-electron chi connectivity index (χ0n) is 21.0. The van der Waals surface area contributed by atoms with Crippen molar-refractivity contribution in [3.63, 3.8) is 0 Å². The summed E-state index contributed by atoms with van der Waals surface area (Å²) < 4.78 is 24.5. The molecular formula is C27H26N6O5S. The highest BCUT2D eigenvalue weighted by Gasteiger charge is 2.33. The van der Waals surface area contributed by atoms with E-state index in [9.17, 15) is 4.79 Å². The summed E-state index contributed by atoms with van der Waals surface area (Å²) in [7, 11) is 0. The largest absolute Gasteiger partial charge is 0.468 e. The molecule has 1 fully saturated rings. The molecule has 5 aromatic rings. The fourth-order valence-corrected chi connectivity index (χ4v) is 6.01. The number of aromatic nitrogens is 5. The summed E-state index contributed by atoms with van der Waals surface area (Å²) in [5, 5.41) is 15.7. The average Bonchev–Trinajstić information content (AvgIpc) is 3.76. The number of H-pyrrole nitrogens is 1. The van der Waals surface area contributed by atoms with E-state index in [-0.39, 0.29) is 18.5 Å². The van der Waals surface area contributed by atoms with Crippen molar-refractivity contribution in [2.75, 3.05) is 13.4 Å². The molecule has 11 nitrogen and oxygen atoms in total. The minimum atomic E-state index is -0.577. The van der Waals surface area contributed by atoms with Crippen LogP contribution in [0.3, 0.4) is 0 Å². The summed E-state index contributed by atoms with van der Waals surface area (Å²) in [6, 6.07) is 12.9. The highest BCUT2D eigenvalue weighted by molar-refractivity contribution is 7.09. The van der Waals surface area contributed by atoms with Crippen LogP contribution in [0.2, 0.25) is 0 Å². The number of hydrogen-bond donors (Lipinski definition) is 1. The molecule has 2 atom stereocenters. The lowest BCUT2D eigenvalue weighted by atomic mass is 10.0. The van der Waals surface area contributed by atoms with Gasteiger partial charge in [-0.3, -0.25) is 9.69 Å². The lowest BCUT2D eigenvalue weighted by Gasteiger charge is -2.30. The van der Waals surface area contributed by atoms with Gasteiger partial charge >= 0.3 is 0 Å². The molecule has 0 aliphatic carbocycles. The molecule has 7 rings (SSSR count). The van der Waals surface area contributed by atoms with E-state index in [1.807, 2.05) is 35.7 Å². The standard InChI is InChI=1S/C27H26N6O5S/c34-27-21(10-17-11-23-24(38-16-37-23)12-22(17)28-27)25(26-29-30-31-33(26)14-19-5-2-8-36-19)32(13-18-4-1-7-35-18)15-20-6-3-9-39-20/h1,3-4,6-7,9-12,19,25H,2,5,8,13-16H2,(H,28,34)/t19-,25-/m1/s1. The molecule has 39 heavy (non-hydrogen) atoms. The Morgan fingerprint density at radius 1 is 1.15 bits per heavy atom. The van der Waals surface area contributed by atoms with Gasteiger partial charge in [-0.15, -0.1) is 16.4 Å². The van der Waals surface area contributed by atoms with E-state index in [1.165, 1.54) is 0 Å². The second kappa shape index (κ2) is 10.3. The SMILES string of the molecule is O=c1[nH]c2cc3c(cc2cc1[C@H](c1nnnn1C[C@H]1CCCO1)N(Cc1ccco1)Cc1cccs1)OCO3. The van der Waals surface area contributed by atoms with Gasteiger partial charge in [0.25, 0.3) is 5.56 Å². The number of tetrazole rings is 1. The van der Waals surface area contributed by atoms with Gasteiger partial charge in [-0.25, -0.2) is 4.68 Å². The first-order valence-electron chi connectivity index (χ1n) is 12.8. The molecule has 200 valence electrons. The van der Waals surface area contributed by atoms with Gasteiger partial charge in [0.1, 0.15) is 11.8 Å². The fourth-order valence-electron chi connectivity index (χ4n) is 5.28. The van der Waals surface area contributed by atoms with Crippen LogP contribution in [0.4, 0.5) is 0 Å². The van der Waals surface area contributed by atoms with Gasteiger partial charge in [0, 0.05) is 35.0 Å². The van der Waals surface area contributed by atoms with Crippen molar-refractivity contribution >= 4 is 22.2 Å². The number of hydrogen-bond acceptors (Lipinski definition) is 10. The number of pyridine rings is 1. The van der Waals surface area contributed by atoms with E-state index in [0.29, 0.717) is 48.0 Å². The molecule has 0 amide bonds. The smallest absolute Gasteiger partial charge is 0.253 e. The molecule has 0 unspecified atom stereocenters. The van der Waals surface area contributed by atoms with Crippen molar-refractivity contribution in [1.29, 1.82) is 0 Å². The van der Waals surface area contributed by atoms with Gasteiger partial charge in [-0.05, 0) is 59.0 Å². The Hall–Kier alpha value is -4.00. The molecule has 0 spiro atoms. The first kappa shape index (κ1) is 24.1. The summed E-state index contributed by atoms with van der Waals surface area (Å²) in [6.45, 7) is 2.40. The predicted molar refractivity (Wildman–Crippen MR) is 142 cm³/mol. The highest BCUT2D eigenvalue weighted by atomic mass is 32.1. The number of nitrogens with zero attached hydrogens (tertiary/aromatic N) is 5. The summed E-state index contributed by atoms with van der Waals surface area (Å²) >= 11 is 1.66. The van der Waals surface area contributed by atoms with Crippen LogP contribution in [-0.2, 0) is 24.4 Å². The molecule has 1 saturated heterocycles. The first-order chi connectivity index (χ1) is 19.2. The Morgan fingerprint density at radius 2 is 2.08 bits per heavy atom. The number of benzene rings is 1. The molecule has 6 heterocycles. The van der Waals surface area contributed by atoms with Crippen molar-refractivity contribution in [2.45, 2.75) is 44.6 Å². The van der Waals surface area contributed by atoms with E-state index in [1.54, 1.807) is 28.3 Å². The first-order valence-corrected chi connectivity index (χ1v) is 13.7. The van der Waals surface area contributed by atoms with Gasteiger partial charge in [-0.2, -0.15) is 0 Å². The maximum Gasteiger partial charge on any atom is 0.253 e. The molecule has 2 aliphatic heterocycles. The Kier molecular flexibility index (Phi) is 6.35. The Balaban J connectivity index is 1.37. The van der Waals surface area contributed by atoms with Crippen molar-refractivity contribution in [3.8, 4) is 11.5 Å². The molecule has 4 aromatic heterocycles. The molecule has 2 aliphatic rings. The lowest BCUT2D eigenvalue weighted by molar-refractivity contribution is 0.0901. The minimum absolute atomic E-state index is 0.0262. The normalized spacial score (nSPS) is 17.4. The Labute approximate surface area is 226 Å². The Bertz CT molecular complexity index is 1590. The van der Waals surface area contributed by atoms with Crippen LogP contribution in [-0.4, -0.2) is 49.6 Å². The Morgan fingerprint density at radius 3 is 2.87 bits per heavy atom. The lowest BCUT2D eigenvalue weighted by Crippen LogP contribution is -2.35.